The van der Waals surface area contributed by atoms with Crippen LogP contribution in [0.2, 0.25) is 0 Å². The van der Waals surface area contributed by atoms with E-state index in [0.29, 0.717) is 6.07 Å². The molecule has 2 aromatic rings. The lowest BCUT2D eigenvalue weighted by atomic mass is 10.0. The van der Waals surface area contributed by atoms with Crippen LogP contribution in [0.4, 0.5) is 32.0 Å². The molecule has 21 heavy (non-hydrogen) atoms. The van der Waals surface area contributed by atoms with Crippen LogP contribution in [0.1, 0.15) is 11.1 Å². The molecule has 3 nitrogen and oxygen atoms in total. The molecule has 0 aliphatic heterocycles. The molecule has 0 spiro atoms. The standard InChI is InChI=1S/C12H7F6NO2/c13-11(14,15)4-5-1-2-7-6(3-5)8(12(16,17)18)9(19)10(20)21-7/h1-3H,4,19H2. The molecule has 1 aromatic carbocycles. The molecule has 0 saturated carbocycles. The van der Waals surface area contributed by atoms with Crippen LogP contribution >= 0.6 is 0 Å². The SMILES string of the molecule is Nc1c(C(F)(F)F)c2cc(CC(F)(F)F)ccc2oc1=O. The van der Waals surface area contributed by atoms with E-state index in [-0.39, 0.29) is 0 Å². The zero-order valence-electron chi connectivity index (χ0n) is 10.1. The third-order valence-corrected chi connectivity index (χ3v) is 2.69. The van der Waals surface area contributed by atoms with Crippen molar-refractivity contribution in [2.24, 2.45) is 0 Å². The van der Waals surface area contributed by atoms with E-state index in [0.717, 1.165) is 12.1 Å². The minimum atomic E-state index is -4.99. The molecule has 0 fully saturated rings. The number of fused-ring (bicyclic) bond motifs is 1. The molecular weight excluding hydrogens is 304 g/mol. The second-order valence-corrected chi connectivity index (χ2v) is 4.30. The monoisotopic (exact) mass is 311 g/mol. The van der Waals surface area contributed by atoms with E-state index in [2.05, 4.69) is 4.42 Å². The molecule has 0 aliphatic rings. The molecule has 114 valence electrons. The van der Waals surface area contributed by atoms with Gasteiger partial charge in [-0.25, -0.2) is 4.79 Å². The van der Waals surface area contributed by atoms with Crippen LogP contribution < -0.4 is 11.4 Å². The summed E-state index contributed by atoms with van der Waals surface area (Å²) in [6.45, 7) is 0. The van der Waals surface area contributed by atoms with Gasteiger partial charge in [-0.1, -0.05) is 6.07 Å². The number of rotatable bonds is 1. The van der Waals surface area contributed by atoms with Crippen molar-refractivity contribution in [1.82, 2.24) is 0 Å². The largest absolute Gasteiger partial charge is 0.421 e. The normalized spacial score (nSPS) is 12.9. The van der Waals surface area contributed by atoms with Gasteiger partial charge in [0.25, 0.3) is 0 Å². The Morgan fingerprint density at radius 3 is 2.24 bits per heavy atom. The van der Waals surface area contributed by atoms with E-state index in [1.807, 2.05) is 0 Å². The lowest BCUT2D eigenvalue weighted by molar-refractivity contribution is -0.135. The molecule has 0 radical (unpaired) electrons. The highest BCUT2D eigenvalue weighted by atomic mass is 19.4. The van der Waals surface area contributed by atoms with Gasteiger partial charge in [-0.2, -0.15) is 26.3 Å². The van der Waals surface area contributed by atoms with Crippen LogP contribution in [-0.2, 0) is 12.6 Å². The maximum atomic E-state index is 12.9. The molecule has 2 N–H and O–H groups in total. The van der Waals surface area contributed by atoms with Crippen LogP contribution in [-0.4, -0.2) is 6.18 Å². The number of hydrogen-bond donors (Lipinski definition) is 1. The van der Waals surface area contributed by atoms with Gasteiger partial charge in [0.05, 0.1) is 12.0 Å². The Morgan fingerprint density at radius 2 is 1.71 bits per heavy atom. The van der Waals surface area contributed by atoms with E-state index in [1.165, 1.54) is 0 Å². The summed E-state index contributed by atoms with van der Waals surface area (Å²) >= 11 is 0. The van der Waals surface area contributed by atoms with Gasteiger partial charge in [-0.05, 0) is 17.7 Å². The molecule has 2 rings (SSSR count). The van der Waals surface area contributed by atoms with E-state index >= 15 is 0 Å². The summed E-state index contributed by atoms with van der Waals surface area (Å²) in [4.78, 5) is 11.2. The molecule has 0 atom stereocenters. The predicted molar refractivity (Wildman–Crippen MR) is 61.7 cm³/mol. The Labute approximate surface area is 113 Å². The minimum Gasteiger partial charge on any atom is -0.421 e. The zero-order chi connectivity index (χ0) is 16.0. The Hall–Kier alpha value is -2.19. The summed E-state index contributed by atoms with van der Waals surface area (Å²) in [5, 5.41) is -0.679. The molecule has 1 heterocycles. The fraction of sp³-hybridized carbons (Fsp3) is 0.250. The van der Waals surface area contributed by atoms with Gasteiger partial charge in [0.15, 0.2) is 0 Å². The molecule has 1 aromatic heterocycles. The maximum absolute atomic E-state index is 12.9. The first-order valence-corrected chi connectivity index (χ1v) is 5.48. The van der Waals surface area contributed by atoms with Gasteiger partial charge in [-0.3, -0.25) is 0 Å². The predicted octanol–water partition coefficient (Wildman–Crippen LogP) is 3.50. The second kappa shape index (κ2) is 4.68. The molecular formula is C12H7F6NO2. The van der Waals surface area contributed by atoms with Crippen molar-refractivity contribution in [3.05, 3.63) is 39.7 Å². The highest BCUT2D eigenvalue weighted by molar-refractivity contribution is 5.85. The quantitative estimate of drug-likeness (QED) is 0.648. The highest BCUT2D eigenvalue weighted by Crippen LogP contribution is 2.38. The third-order valence-electron chi connectivity index (χ3n) is 2.69. The number of benzene rings is 1. The summed E-state index contributed by atoms with van der Waals surface area (Å²) < 4.78 is 80.3. The number of nitrogen functional groups attached to an aromatic ring is 1. The van der Waals surface area contributed by atoms with Crippen molar-refractivity contribution in [2.75, 3.05) is 5.73 Å². The first-order valence-electron chi connectivity index (χ1n) is 5.48. The number of halogens is 6. The van der Waals surface area contributed by atoms with Crippen molar-refractivity contribution in [2.45, 2.75) is 18.8 Å². The molecule has 0 saturated heterocycles. The number of alkyl halides is 6. The van der Waals surface area contributed by atoms with Gasteiger partial charge < -0.3 is 10.2 Å². The van der Waals surface area contributed by atoms with E-state index in [4.69, 9.17) is 5.73 Å². The summed E-state index contributed by atoms with van der Waals surface area (Å²) in [7, 11) is 0. The van der Waals surface area contributed by atoms with Crippen LogP contribution in [0, 0.1) is 0 Å². The van der Waals surface area contributed by atoms with Gasteiger partial charge in [-0.15, -0.1) is 0 Å². The van der Waals surface area contributed by atoms with E-state index in [1.54, 1.807) is 0 Å². The Bertz CT molecular complexity index is 744. The molecule has 0 amide bonds. The Balaban J connectivity index is 2.76. The van der Waals surface area contributed by atoms with Gasteiger partial charge in [0.2, 0.25) is 0 Å². The Kier molecular flexibility index (Phi) is 3.38. The summed E-state index contributed by atoms with van der Waals surface area (Å²) in [6.07, 6.45) is -11.0. The van der Waals surface area contributed by atoms with E-state index < -0.39 is 52.2 Å². The second-order valence-electron chi connectivity index (χ2n) is 4.30. The minimum absolute atomic E-state index is 0.395. The van der Waals surface area contributed by atoms with Crippen molar-refractivity contribution in [3.63, 3.8) is 0 Å². The smallest absolute Gasteiger partial charge is 0.419 e. The number of hydrogen-bond acceptors (Lipinski definition) is 3. The van der Waals surface area contributed by atoms with Crippen molar-refractivity contribution >= 4 is 16.7 Å². The van der Waals surface area contributed by atoms with Crippen LogP contribution in [0.5, 0.6) is 0 Å². The summed E-state index contributed by atoms with van der Waals surface area (Å²) in [5.41, 5.74) is 0.130. The number of nitrogens with two attached hydrogens (primary N) is 1. The maximum Gasteiger partial charge on any atom is 0.419 e. The lowest BCUT2D eigenvalue weighted by Crippen LogP contribution is -2.18. The van der Waals surface area contributed by atoms with Crippen molar-refractivity contribution in [1.29, 1.82) is 0 Å². The molecule has 0 bridgehead atoms. The zero-order valence-corrected chi connectivity index (χ0v) is 10.1. The highest BCUT2D eigenvalue weighted by Gasteiger charge is 2.37. The van der Waals surface area contributed by atoms with Crippen LogP contribution in [0.25, 0.3) is 11.0 Å². The van der Waals surface area contributed by atoms with Gasteiger partial charge >= 0.3 is 18.0 Å². The van der Waals surface area contributed by atoms with Crippen molar-refractivity contribution < 1.29 is 30.8 Å². The Morgan fingerprint density at radius 1 is 1.10 bits per heavy atom. The van der Waals surface area contributed by atoms with Gasteiger partial charge in [0, 0.05) is 5.39 Å². The van der Waals surface area contributed by atoms with Crippen LogP contribution in [0.15, 0.2) is 27.4 Å². The topological polar surface area (TPSA) is 56.2 Å². The summed E-state index contributed by atoms with van der Waals surface area (Å²) in [5.74, 6) is 0. The average Bonchev–Trinajstić information content (AvgIpc) is 2.27. The lowest BCUT2D eigenvalue weighted by Gasteiger charge is -2.13. The molecule has 0 aliphatic carbocycles. The summed E-state index contributed by atoms with van der Waals surface area (Å²) in [6, 6.07) is 2.49. The van der Waals surface area contributed by atoms with E-state index in [9.17, 15) is 31.1 Å². The van der Waals surface area contributed by atoms with Crippen molar-refractivity contribution in [3.8, 4) is 0 Å². The first-order chi connectivity index (χ1) is 9.49. The third kappa shape index (κ3) is 3.11. The fourth-order valence-electron chi connectivity index (χ4n) is 1.91. The number of anilines is 1. The van der Waals surface area contributed by atoms with Gasteiger partial charge in [0.1, 0.15) is 11.3 Å². The average molecular weight is 311 g/mol. The molecule has 9 heteroatoms. The first kappa shape index (κ1) is 15.2. The fourth-order valence-corrected chi connectivity index (χ4v) is 1.91. The van der Waals surface area contributed by atoms with Crippen LogP contribution in [0.3, 0.4) is 0 Å². The molecule has 0 unspecified atom stereocenters.